The highest BCUT2D eigenvalue weighted by molar-refractivity contribution is 5.75. The molecular weight excluding hydrogens is 254 g/mol. The summed E-state index contributed by atoms with van der Waals surface area (Å²) in [5, 5.41) is 0. The number of para-hydroxylation sites is 2. The number of benzene rings is 1. The van der Waals surface area contributed by atoms with Crippen molar-refractivity contribution in [2.45, 2.75) is 18.6 Å². The summed E-state index contributed by atoms with van der Waals surface area (Å²) in [6.45, 7) is 3.09. The minimum atomic E-state index is -0.425. The van der Waals surface area contributed by atoms with Crippen molar-refractivity contribution in [3.8, 4) is 0 Å². The summed E-state index contributed by atoms with van der Waals surface area (Å²) in [4.78, 5) is 11.4. The molecule has 0 aliphatic carbocycles. The van der Waals surface area contributed by atoms with Crippen molar-refractivity contribution in [1.29, 1.82) is 0 Å². The molecule has 1 spiro atoms. The molecule has 2 saturated heterocycles. The molecule has 0 atom stereocenters. The summed E-state index contributed by atoms with van der Waals surface area (Å²) in [7, 11) is 0. The van der Waals surface area contributed by atoms with Crippen LogP contribution in [0.15, 0.2) is 30.5 Å². The first kappa shape index (κ1) is 12.1. The zero-order valence-corrected chi connectivity index (χ0v) is 11.3. The minimum absolute atomic E-state index is 0.425. The second-order valence-corrected chi connectivity index (χ2v) is 5.35. The van der Waals surface area contributed by atoms with E-state index in [1.807, 2.05) is 30.5 Å². The van der Waals surface area contributed by atoms with Gasteiger partial charge in [0, 0.05) is 13.0 Å². The molecule has 0 amide bonds. The van der Waals surface area contributed by atoms with Crippen LogP contribution in [0.25, 0.3) is 11.0 Å². The third-order valence-electron chi connectivity index (χ3n) is 3.99. The number of piperidine rings is 1. The first-order valence-electron chi connectivity index (χ1n) is 7.09. The van der Waals surface area contributed by atoms with Gasteiger partial charge in [-0.25, -0.2) is 4.98 Å². The Kier molecular flexibility index (Phi) is 2.82. The maximum atomic E-state index is 5.81. The van der Waals surface area contributed by atoms with E-state index in [0.29, 0.717) is 13.2 Å². The van der Waals surface area contributed by atoms with Crippen molar-refractivity contribution in [1.82, 2.24) is 9.97 Å². The average molecular weight is 271 g/mol. The van der Waals surface area contributed by atoms with Crippen LogP contribution in [0, 0.1) is 0 Å². The number of nitrogens with zero attached hydrogens (tertiary/aromatic N) is 3. The van der Waals surface area contributed by atoms with Gasteiger partial charge < -0.3 is 14.4 Å². The van der Waals surface area contributed by atoms with Crippen LogP contribution in [0.5, 0.6) is 0 Å². The molecule has 5 heteroatoms. The van der Waals surface area contributed by atoms with Crippen molar-refractivity contribution in [2.75, 3.05) is 31.2 Å². The number of fused-ring (bicyclic) bond motifs is 1. The smallest absolute Gasteiger partial charge is 0.186 e. The summed E-state index contributed by atoms with van der Waals surface area (Å²) in [5.74, 6) is 0.479. The second kappa shape index (κ2) is 4.68. The third-order valence-corrected chi connectivity index (χ3v) is 3.99. The summed E-state index contributed by atoms with van der Waals surface area (Å²) in [5.41, 5.74) is 1.86. The molecule has 0 radical (unpaired) electrons. The topological polar surface area (TPSA) is 47.5 Å². The van der Waals surface area contributed by atoms with Crippen LogP contribution >= 0.6 is 0 Å². The van der Waals surface area contributed by atoms with E-state index < -0.39 is 5.79 Å². The van der Waals surface area contributed by atoms with Crippen molar-refractivity contribution < 1.29 is 9.47 Å². The van der Waals surface area contributed by atoms with E-state index >= 15 is 0 Å². The number of rotatable bonds is 1. The first-order valence-corrected chi connectivity index (χ1v) is 7.09. The Bertz CT molecular complexity index is 625. The Labute approximate surface area is 117 Å². The molecule has 0 bridgehead atoms. The maximum absolute atomic E-state index is 5.81. The summed E-state index contributed by atoms with van der Waals surface area (Å²) in [6.07, 6.45) is 3.86. The van der Waals surface area contributed by atoms with Crippen LogP contribution in [0.4, 0.5) is 5.82 Å². The van der Waals surface area contributed by atoms with Gasteiger partial charge in [-0.15, -0.1) is 0 Å². The highest BCUT2D eigenvalue weighted by Crippen LogP contribution is 2.32. The largest absolute Gasteiger partial charge is 0.350 e. The lowest BCUT2D eigenvalue weighted by atomic mass is 10.0. The van der Waals surface area contributed by atoms with Crippen LogP contribution in [-0.2, 0) is 9.47 Å². The average Bonchev–Trinajstić information content (AvgIpc) is 2.94. The van der Waals surface area contributed by atoms with Crippen LogP contribution < -0.4 is 4.90 Å². The van der Waals surface area contributed by atoms with Gasteiger partial charge in [-0.1, -0.05) is 12.1 Å². The molecule has 2 aromatic rings. The second-order valence-electron chi connectivity index (χ2n) is 5.35. The molecule has 0 unspecified atom stereocenters. The normalized spacial score (nSPS) is 21.7. The standard InChI is InChI=1S/C15H17N3O2/c1-2-5-13-12(4-1)16-10-14(17-13)18-7-3-6-15(11-18)19-8-9-20-15/h1-2,4-5,10H,3,6-9,11H2. The minimum Gasteiger partial charge on any atom is -0.350 e. The number of anilines is 1. The predicted octanol–water partition coefficient (Wildman–Crippen LogP) is 1.97. The predicted molar refractivity (Wildman–Crippen MR) is 75.6 cm³/mol. The van der Waals surface area contributed by atoms with Crippen molar-refractivity contribution in [2.24, 2.45) is 0 Å². The van der Waals surface area contributed by atoms with Crippen LogP contribution in [-0.4, -0.2) is 42.1 Å². The molecule has 0 N–H and O–H groups in total. The fourth-order valence-corrected chi connectivity index (χ4v) is 3.02. The quantitative estimate of drug-likeness (QED) is 0.793. The van der Waals surface area contributed by atoms with Gasteiger partial charge in [0.15, 0.2) is 5.79 Å². The number of hydrogen-bond donors (Lipinski definition) is 0. The Morgan fingerprint density at radius 1 is 1.10 bits per heavy atom. The van der Waals surface area contributed by atoms with Gasteiger partial charge in [-0.2, -0.15) is 0 Å². The molecule has 20 heavy (non-hydrogen) atoms. The molecule has 4 rings (SSSR count). The van der Waals surface area contributed by atoms with Gasteiger partial charge in [-0.3, -0.25) is 4.98 Å². The van der Waals surface area contributed by atoms with Gasteiger partial charge in [0.25, 0.3) is 0 Å². The maximum Gasteiger partial charge on any atom is 0.186 e. The number of hydrogen-bond acceptors (Lipinski definition) is 5. The van der Waals surface area contributed by atoms with Gasteiger partial charge >= 0.3 is 0 Å². The fraction of sp³-hybridized carbons (Fsp3) is 0.467. The molecule has 1 aromatic heterocycles. The molecule has 5 nitrogen and oxygen atoms in total. The van der Waals surface area contributed by atoms with E-state index in [9.17, 15) is 0 Å². The summed E-state index contributed by atoms with van der Waals surface area (Å²) in [6, 6.07) is 7.94. The summed E-state index contributed by atoms with van der Waals surface area (Å²) >= 11 is 0. The third kappa shape index (κ3) is 2.03. The molecule has 104 valence electrons. The van der Waals surface area contributed by atoms with Crippen molar-refractivity contribution >= 4 is 16.9 Å². The molecule has 2 aliphatic rings. The van der Waals surface area contributed by atoms with Crippen LogP contribution in [0.3, 0.4) is 0 Å². The lowest BCUT2D eigenvalue weighted by Gasteiger charge is -2.39. The molecule has 1 aromatic carbocycles. The van der Waals surface area contributed by atoms with Gasteiger partial charge in [0.2, 0.25) is 0 Å². The van der Waals surface area contributed by atoms with E-state index in [1.165, 1.54) is 0 Å². The lowest BCUT2D eigenvalue weighted by Crippen LogP contribution is -2.49. The Balaban J connectivity index is 1.64. The number of ether oxygens (including phenoxy) is 2. The highest BCUT2D eigenvalue weighted by atomic mass is 16.7. The highest BCUT2D eigenvalue weighted by Gasteiger charge is 2.41. The molecule has 2 fully saturated rings. The fourth-order valence-electron chi connectivity index (χ4n) is 3.02. The van der Waals surface area contributed by atoms with E-state index in [1.54, 1.807) is 0 Å². The molecule has 0 saturated carbocycles. The van der Waals surface area contributed by atoms with Crippen LogP contribution in [0.2, 0.25) is 0 Å². The van der Waals surface area contributed by atoms with E-state index in [4.69, 9.17) is 14.5 Å². The van der Waals surface area contributed by atoms with E-state index in [2.05, 4.69) is 9.88 Å². The molecule has 3 heterocycles. The Morgan fingerprint density at radius 3 is 2.75 bits per heavy atom. The monoisotopic (exact) mass is 271 g/mol. The zero-order valence-electron chi connectivity index (χ0n) is 11.3. The lowest BCUT2D eigenvalue weighted by molar-refractivity contribution is -0.161. The molecular formula is C15H17N3O2. The zero-order chi connectivity index (χ0) is 13.4. The Hall–Kier alpha value is -1.72. The van der Waals surface area contributed by atoms with Crippen molar-refractivity contribution in [3.05, 3.63) is 30.5 Å². The first-order chi connectivity index (χ1) is 9.85. The van der Waals surface area contributed by atoms with Gasteiger partial charge in [0.05, 0.1) is 37.0 Å². The van der Waals surface area contributed by atoms with E-state index in [-0.39, 0.29) is 0 Å². The number of aromatic nitrogens is 2. The van der Waals surface area contributed by atoms with Gasteiger partial charge in [-0.05, 0) is 18.6 Å². The van der Waals surface area contributed by atoms with E-state index in [0.717, 1.165) is 42.8 Å². The molecule has 2 aliphatic heterocycles. The SMILES string of the molecule is c1ccc2nc(N3CCCC4(C3)OCCO4)cnc2c1. The van der Waals surface area contributed by atoms with Gasteiger partial charge in [0.1, 0.15) is 5.82 Å². The summed E-state index contributed by atoms with van der Waals surface area (Å²) < 4.78 is 11.6. The van der Waals surface area contributed by atoms with Crippen LogP contribution in [0.1, 0.15) is 12.8 Å². The van der Waals surface area contributed by atoms with Crippen molar-refractivity contribution in [3.63, 3.8) is 0 Å². The Morgan fingerprint density at radius 2 is 1.90 bits per heavy atom.